The number of amides is 2. The standard InChI is InChI=1S/C25H25FN4O2.ClH/c1-32-20-12-8-18(9-13-20)16-23(24-28-21-4-2-3-5-22(21)29-24)30-25(31)27-15-14-17-6-10-19(26)11-7-17;/h2-13,23H,14-16H2,1H3,(H,28,29)(H2,27,30,31);1H. The maximum atomic E-state index is 13.0. The number of ether oxygens (including phenoxy) is 1. The fourth-order valence-electron chi connectivity index (χ4n) is 3.53. The largest absolute Gasteiger partial charge is 0.497 e. The van der Waals surface area contributed by atoms with Crippen LogP contribution in [0.25, 0.3) is 11.0 Å². The Morgan fingerprint density at radius 2 is 1.73 bits per heavy atom. The van der Waals surface area contributed by atoms with E-state index in [1.807, 2.05) is 48.5 Å². The topological polar surface area (TPSA) is 79.0 Å². The second-order valence-corrected chi connectivity index (χ2v) is 7.52. The molecule has 3 N–H and O–H groups in total. The lowest BCUT2D eigenvalue weighted by Gasteiger charge is -2.18. The van der Waals surface area contributed by atoms with Crippen LogP contribution in [-0.2, 0) is 12.8 Å². The van der Waals surface area contributed by atoms with Gasteiger partial charge in [-0.25, -0.2) is 14.2 Å². The normalized spacial score (nSPS) is 11.5. The Labute approximate surface area is 198 Å². The molecule has 33 heavy (non-hydrogen) atoms. The molecule has 1 atom stereocenters. The Balaban J connectivity index is 0.00000306. The van der Waals surface area contributed by atoms with Crippen LogP contribution in [0.1, 0.15) is 23.0 Å². The summed E-state index contributed by atoms with van der Waals surface area (Å²) in [7, 11) is 1.63. The molecule has 0 radical (unpaired) electrons. The van der Waals surface area contributed by atoms with Gasteiger partial charge in [-0.3, -0.25) is 0 Å². The van der Waals surface area contributed by atoms with Crippen LogP contribution < -0.4 is 15.4 Å². The Hall–Kier alpha value is -3.58. The average molecular weight is 469 g/mol. The number of para-hydroxylation sites is 2. The molecule has 6 nitrogen and oxygen atoms in total. The highest BCUT2D eigenvalue weighted by atomic mass is 35.5. The number of halogens is 2. The van der Waals surface area contributed by atoms with E-state index >= 15 is 0 Å². The van der Waals surface area contributed by atoms with Crippen LogP contribution in [-0.4, -0.2) is 29.7 Å². The van der Waals surface area contributed by atoms with Gasteiger partial charge in [0.05, 0.1) is 24.2 Å². The molecule has 0 saturated carbocycles. The number of aromatic nitrogens is 2. The molecular formula is C25H26ClFN4O2. The zero-order valence-electron chi connectivity index (χ0n) is 18.2. The Morgan fingerprint density at radius 3 is 2.42 bits per heavy atom. The summed E-state index contributed by atoms with van der Waals surface area (Å²) in [5.74, 6) is 1.20. The number of fused-ring (bicyclic) bond motifs is 1. The molecule has 1 unspecified atom stereocenters. The van der Waals surface area contributed by atoms with Gasteiger partial charge in [0.25, 0.3) is 0 Å². The fraction of sp³-hybridized carbons (Fsp3) is 0.200. The molecule has 8 heteroatoms. The first kappa shape index (κ1) is 24.1. The van der Waals surface area contributed by atoms with Gasteiger partial charge in [-0.1, -0.05) is 36.4 Å². The maximum Gasteiger partial charge on any atom is 0.315 e. The van der Waals surface area contributed by atoms with Gasteiger partial charge >= 0.3 is 6.03 Å². The molecule has 0 spiro atoms. The van der Waals surface area contributed by atoms with Crippen LogP contribution in [0.5, 0.6) is 5.75 Å². The van der Waals surface area contributed by atoms with Crippen LogP contribution in [0.3, 0.4) is 0 Å². The summed E-state index contributed by atoms with van der Waals surface area (Å²) in [5, 5.41) is 5.91. The molecule has 1 heterocycles. The molecule has 0 aliphatic carbocycles. The van der Waals surface area contributed by atoms with E-state index in [0.717, 1.165) is 27.9 Å². The summed E-state index contributed by atoms with van der Waals surface area (Å²) in [6.45, 7) is 0.437. The molecule has 0 aliphatic heterocycles. The maximum absolute atomic E-state index is 13.0. The summed E-state index contributed by atoms with van der Waals surface area (Å²) in [4.78, 5) is 20.6. The number of benzene rings is 3. The van der Waals surface area contributed by atoms with Gasteiger partial charge in [0.2, 0.25) is 0 Å². The number of H-pyrrole nitrogens is 1. The van der Waals surface area contributed by atoms with E-state index in [1.54, 1.807) is 19.2 Å². The van der Waals surface area contributed by atoms with Crippen molar-refractivity contribution in [2.24, 2.45) is 0 Å². The number of aromatic amines is 1. The smallest absolute Gasteiger partial charge is 0.315 e. The summed E-state index contributed by atoms with van der Waals surface area (Å²) in [6.07, 6.45) is 1.18. The minimum Gasteiger partial charge on any atom is -0.497 e. The molecule has 0 bridgehead atoms. The minimum absolute atomic E-state index is 0. The van der Waals surface area contributed by atoms with Crippen molar-refractivity contribution >= 4 is 29.5 Å². The summed E-state index contributed by atoms with van der Waals surface area (Å²) >= 11 is 0. The second kappa shape index (κ2) is 11.3. The van der Waals surface area contributed by atoms with Crippen molar-refractivity contribution in [1.82, 2.24) is 20.6 Å². The number of hydrogen-bond donors (Lipinski definition) is 3. The lowest BCUT2D eigenvalue weighted by atomic mass is 10.1. The zero-order chi connectivity index (χ0) is 22.3. The van der Waals surface area contributed by atoms with Crippen LogP contribution in [0.4, 0.5) is 9.18 Å². The third-order valence-electron chi connectivity index (χ3n) is 5.25. The Kier molecular flexibility index (Phi) is 8.27. The molecular weight excluding hydrogens is 443 g/mol. The Bertz CT molecular complexity index is 1150. The number of hydrogen-bond acceptors (Lipinski definition) is 3. The van der Waals surface area contributed by atoms with Crippen molar-refractivity contribution in [2.75, 3.05) is 13.7 Å². The highest BCUT2D eigenvalue weighted by Crippen LogP contribution is 2.21. The van der Waals surface area contributed by atoms with Crippen LogP contribution >= 0.6 is 12.4 Å². The SMILES string of the molecule is COc1ccc(CC(NC(=O)NCCc2ccc(F)cc2)c2nc3ccccc3[nH]2)cc1.Cl. The van der Waals surface area contributed by atoms with Gasteiger partial charge in [-0.05, 0) is 60.4 Å². The fourth-order valence-corrected chi connectivity index (χ4v) is 3.53. The molecule has 4 aromatic rings. The van der Waals surface area contributed by atoms with E-state index in [-0.39, 0.29) is 30.3 Å². The first-order valence-electron chi connectivity index (χ1n) is 10.5. The van der Waals surface area contributed by atoms with E-state index in [9.17, 15) is 9.18 Å². The average Bonchev–Trinajstić information content (AvgIpc) is 3.25. The van der Waals surface area contributed by atoms with Crippen molar-refractivity contribution < 1.29 is 13.9 Å². The second-order valence-electron chi connectivity index (χ2n) is 7.52. The van der Waals surface area contributed by atoms with Crippen molar-refractivity contribution in [2.45, 2.75) is 18.9 Å². The highest BCUT2D eigenvalue weighted by molar-refractivity contribution is 5.85. The highest BCUT2D eigenvalue weighted by Gasteiger charge is 2.19. The van der Waals surface area contributed by atoms with Gasteiger partial charge in [-0.2, -0.15) is 0 Å². The predicted molar refractivity (Wildman–Crippen MR) is 129 cm³/mol. The third-order valence-corrected chi connectivity index (χ3v) is 5.25. The van der Waals surface area contributed by atoms with Crippen molar-refractivity contribution in [3.63, 3.8) is 0 Å². The molecule has 2 amide bonds. The monoisotopic (exact) mass is 468 g/mol. The summed E-state index contributed by atoms with van der Waals surface area (Å²) < 4.78 is 18.3. The minimum atomic E-state index is -0.346. The van der Waals surface area contributed by atoms with E-state index in [0.29, 0.717) is 25.2 Å². The van der Waals surface area contributed by atoms with E-state index in [1.165, 1.54) is 12.1 Å². The number of nitrogens with zero attached hydrogens (tertiary/aromatic N) is 1. The third kappa shape index (κ3) is 6.46. The lowest BCUT2D eigenvalue weighted by molar-refractivity contribution is 0.236. The van der Waals surface area contributed by atoms with E-state index in [2.05, 4.69) is 20.6 Å². The van der Waals surface area contributed by atoms with Crippen LogP contribution in [0.2, 0.25) is 0 Å². The predicted octanol–water partition coefficient (Wildman–Crippen LogP) is 4.96. The first-order valence-corrected chi connectivity index (χ1v) is 10.5. The molecule has 0 saturated heterocycles. The van der Waals surface area contributed by atoms with Gasteiger partial charge < -0.3 is 20.4 Å². The summed E-state index contributed by atoms with van der Waals surface area (Å²) in [5.41, 5.74) is 3.77. The van der Waals surface area contributed by atoms with Crippen molar-refractivity contribution in [3.05, 3.63) is 95.6 Å². The molecule has 0 fully saturated rings. The van der Waals surface area contributed by atoms with Crippen molar-refractivity contribution in [1.29, 1.82) is 0 Å². The van der Waals surface area contributed by atoms with Crippen molar-refractivity contribution in [3.8, 4) is 5.75 Å². The summed E-state index contributed by atoms with van der Waals surface area (Å²) in [6, 6.07) is 21.1. The van der Waals surface area contributed by atoms with Gasteiger partial charge in [0.1, 0.15) is 17.4 Å². The van der Waals surface area contributed by atoms with Crippen LogP contribution in [0, 0.1) is 5.82 Å². The molecule has 4 rings (SSSR count). The number of carbonyl (C=O) groups is 1. The van der Waals surface area contributed by atoms with Gasteiger partial charge in [-0.15, -0.1) is 12.4 Å². The van der Waals surface area contributed by atoms with E-state index in [4.69, 9.17) is 4.74 Å². The van der Waals surface area contributed by atoms with Crippen LogP contribution in [0.15, 0.2) is 72.8 Å². The molecule has 172 valence electrons. The van der Waals surface area contributed by atoms with E-state index < -0.39 is 0 Å². The number of carbonyl (C=O) groups excluding carboxylic acids is 1. The number of methoxy groups -OCH3 is 1. The molecule has 0 aliphatic rings. The number of nitrogens with one attached hydrogen (secondary N) is 3. The molecule has 3 aromatic carbocycles. The first-order chi connectivity index (χ1) is 15.6. The number of rotatable bonds is 8. The molecule has 1 aromatic heterocycles. The number of imidazole rings is 1. The van der Waals surface area contributed by atoms with Gasteiger partial charge in [0, 0.05) is 6.54 Å². The quantitative estimate of drug-likeness (QED) is 0.342. The number of urea groups is 1. The lowest BCUT2D eigenvalue weighted by Crippen LogP contribution is -2.40. The van der Waals surface area contributed by atoms with Gasteiger partial charge in [0.15, 0.2) is 0 Å². The zero-order valence-corrected chi connectivity index (χ0v) is 19.0. The Morgan fingerprint density at radius 1 is 1.03 bits per heavy atom.